The summed E-state index contributed by atoms with van der Waals surface area (Å²) in [6.07, 6.45) is 16.8. The van der Waals surface area contributed by atoms with Gasteiger partial charge in [-0.15, -0.1) is 0 Å². The third-order valence-electron chi connectivity index (χ3n) is 6.89. The zero-order valence-electron chi connectivity index (χ0n) is 20.7. The number of rotatable bonds is 8. The van der Waals surface area contributed by atoms with Gasteiger partial charge in [0.25, 0.3) is 0 Å². The minimum Gasteiger partial charge on any atom is -1.00 e. The van der Waals surface area contributed by atoms with E-state index < -0.39 is 0 Å². The molecule has 0 fully saturated rings. The maximum absolute atomic E-state index is 6.08. The van der Waals surface area contributed by atoms with Gasteiger partial charge in [0, 0.05) is 0 Å². The van der Waals surface area contributed by atoms with E-state index in [-0.39, 0.29) is 12.4 Å². The quantitative estimate of drug-likeness (QED) is 0.489. The summed E-state index contributed by atoms with van der Waals surface area (Å²) in [5, 5.41) is 0. The number of hydrogen-bond acceptors (Lipinski definition) is 3. The fourth-order valence-corrected chi connectivity index (χ4v) is 4.93. The highest BCUT2D eigenvalue weighted by molar-refractivity contribution is 5.79. The average Bonchev–Trinajstić information content (AvgIpc) is 3.02. The Bertz CT molecular complexity index is 1030. The first kappa shape index (κ1) is 26.1. The molecule has 2 heterocycles. The summed E-state index contributed by atoms with van der Waals surface area (Å²) < 4.78 is 4.12. The third-order valence-corrected chi connectivity index (χ3v) is 6.89. The van der Waals surface area contributed by atoms with Gasteiger partial charge in [-0.3, -0.25) is 4.57 Å². The molecular weight excluding hydrogens is 418 g/mol. The van der Waals surface area contributed by atoms with Gasteiger partial charge in [-0.05, 0) is 71.1 Å². The Morgan fingerprint density at radius 3 is 2.62 bits per heavy atom. The summed E-state index contributed by atoms with van der Waals surface area (Å²) in [5.41, 5.74) is 14.5. The van der Waals surface area contributed by atoms with Crippen LogP contribution in [-0.4, -0.2) is 14.5 Å². The first-order chi connectivity index (χ1) is 14.7. The molecule has 2 aromatic rings. The maximum Gasteiger partial charge on any atom is 0.307 e. The van der Waals surface area contributed by atoms with Crippen LogP contribution >= 0.6 is 0 Å². The number of nitrogens with zero attached hydrogens (tertiary/aromatic N) is 4. The van der Waals surface area contributed by atoms with E-state index in [0.717, 1.165) is 30.6 Å². The second kappa shape index (κ2) is 11.1. The molecule has 0 saturated carbocycles. The van der Waals surface area contributed by atoms with E-state index >= 15 is 0 Å². The van der Waals surface area contributed by atoms with Crippen molar-refractivity contribution in [3.8, 4) is 0 Å². The molecule has 0 amide bonds. The summed E-state index contributed by atoms with van der Waals surface area (Å²) in [6, 6.07) is 0. The monoisotopic (exact) mass is 457 g/mol. The van der Waals surface area contributed by atoms with Gasteiger partial charge in [-0.1, -0.05) is 53.3 Å². The molecule has 0 spiro atoms. The number of aryl methyl sites for hydroxylation is 1. The van der Waals surface area contributed by atoms with Crippen molar-refractivity contribution >= 4 is 17.0 Å². The van der Waals surface area contributed by atoms with Crippen LogP contribution < -0.4 is 22.7 Å². The predicted molar refractivity (Wildman–Crippen MR) is 129 cm³/mol. The van der Waals surface area contributed by atoms with E-state index in [2.05, 4.69) is 61.3 Å². The first-order valence-corrected chi connectivity index (χ1v) is 11.6. The molecule has 1 aliphatic rings. The van der Waals surface area contributed by atoms with E-state index in [1.807, 2.05) is 17.9 Å². The lowest BCUT2D eigenvalue weighted by molar-refractivity contribution is -0.647. The molecule has 0 aromatic carbocycles. The SMILES string of the molecule is CC1=C(CC/C(C)=C/CC/C(C)=C/Cn2c[n+](C)c3ncnc(N)c32)C(C)(C)CCC1.[Cl-]. The summed E-state index contributed by atoms with van der Waals surface area (Å²) in [5.74, 6) is 0.529. The average molecular weight is 458 g/mol. The van der Waals surface area contributed by atoms with E-state index in [0.29, 0.717) is 11.2 Å². The molecule has 0 aliphatic heterocycles. The Hall–Kier alpha value is -2.14. The van der Waals surface area contributed by atoms with E-state index in [4.69, 9.17) is 5.73 Å². The number of aromatic nitrogens is 4. The Labute approximate surface area is 199 Å². The molecule has 2 aromatic heterocycles. The predicted octanol–water partition coefficient (Wildman–Crippen LogP) is 2.82. The number of fused-ring (bicyclic) bond motifs is 1. The molecule has 3 rings (SSSR count). The highest BCUT2D eigenvalue weighted by atomic mass is 35.5. The number of halogens is 1. The van der Waals surface area contributed by atoms with Crippen LogP contribution in [0.4, 0.5) is 5.82 Å². The lowest BCUT2D eigenvalue weighted by Crippen LogP contribution is -3.00. The van der Waals surface area contributed by atoms with Gasteiger partial charge in [0.2, 0.25) is 5.52 Å². The van der Waals surface area contributed by atoms with Crippen molar-refractivity contribution in [2.24, 2.45) is 12.5 Å². The van der Waals surface area contributed by atoms with Crippen molar-refractivity contribution in [2.75, 3.05) is 5.73 Å². The normalized spacial score (nSPS) is 17.1. The molecule has 6 heteroatoms. The zero-order chi connectivity index (χ0) is 22.6. The van der Waals surface area contributed by atoms with Crippen molar-refractivity contribution in [3.63, 3.8) is 0 Å². The number of hydrogen-bond donors (Lipinski definition) is 1. The summed E-state index contributed by atoms with van der Waals surface area (Å²) >= 11 is 0. The van der Waals surface area contributed by atoms with Gasteiger partial charge in [-0.2, -0.15) is 4.98 Å². The van der Waals surface area contributed by atoms with Crippen LogP contribution in [-0.2, 0) is 13.6 Å². The van der Waals surface area contributed by atoms with E-state index in [1.165, 1.54) is 49.6 Å². The standard InChI is InChI=1S/C26H40N5.ClH/c1-19(12-13-22-21(3)11-8-15-26(22,4)5)9-7-10-20(2)14-16-31-18-30(6)25-23(31)24(27)28-17-29-25;/h9,14,17-18H,7-8,10-13,15-16H2,1-6H3,(H2,27,28,29);1H/q+1;/p-1/b19-9+,20-14+;. The summed E-state index contributed by atoms with van der Waals surface area (Å²) in [6.45, 7) is 12.5. The fourth-order valence-electron chi connectivity index (χ4n) is 4.93. The Balaban J connectivity index is 0.00000363. The largest absolute Gasteiger partial charge is 1.00 e. The molecule has 0 unspecified atom stereocenters. The van der Waals surface area contributed by atoms with Crippen LogP contribution in [0.25, 0.3) is 11.2 Å². The van der Waals surface area contributed by atoms with E-state index in [1.54, 1.807) is 11.1 Å². The first-order valence-electron chi connectivity index (χ1n) is 11.6. The number of anilines is 1. The topological polar surface area (TPSA) is 60.6 Å². The molecular formula is C26H40ClN5. The molecule has 0 bridgehead atoms. The zero-order valence-corrected chi connectivity index (χ0v) is 21.5. The summed E-state index contributed by atoms with van der Waals surface area (Å²) in [4.78, 5) is 8.49. The molecule has 0 radical (unpaired) electrons. The van der Waals surface area contributed by atoms with Crippen LogP contribution in [0.5, 0.6) is 0 Å². The smallest absolute Gasteiger partial charge is 0.307 e. The Morgan fingerprint density at radius 1 is 1.19 bits per heavy atom. The second-order valence-corrected chi connectivity index (χ2v) is 9.95. The lowest BCUT2D eigenvalue weighted by Gasteiger charge is -2.35. The van der Waals surface area contributed by atoms with Gasteiger partial charge >= 0.3 is 5.65 Å². The number of nitrogen functional groups attached to an aromatic ring is 1. The molecule has 0 atom stereocenters. The van der Waals surface area contributed by atoms with Crippen molar-refractivity contribution in [3.05, 3.63) is 47.1 Å². The molecule has 2 N–H and O–H groups in total. The van der Waals surface area contributed by atoms with Gasteiger partial charge in [0.15, 0.2) is 18.5 Å². The molecule has 0 saturated heterocycles. The number of nitrogens with two attached hydrogens (primary N) is 1. The van der Waals surface area contributed by atoms with Crippen molar-refractivity contribution in [1.29, 1.82) is 0 Å². The van der Waals surface area contributed by atoms with Crippen LogP contribution in [0.2, 0.25) is 0 Å². The van der Waals surface area contributed by atoms with Gasteiger partial charge in [-0.25, -0.2) is 4.57 Å². The fraction of sp³-hybridized carbons (Fsp3) is 0.577. The molecule has 32 heavy (non-hydrogen) atoms. The van der Waals surface area contributed by atoms with Crippen molar-refractivity contribution in [1.82, 2.24) is 14.5 Å². The summed E-state index contributed by atoms with van der Waals surface area (Å²) in [7, 11) is 1.99. The van der Waals surface area contributed by atoms with Gasteiger partial charge < -0.3 is 18.1 Å². The highest BCUT2D eigenvalue weighted by Gasteiger charge is 2.27. The second-order valence-electron chi connectivity index (χ2n) is 9.95. The maximum atomic E-state index is 6.08. The molecule has 176 valence electrons. The van der Waals surface area contributed by atoms with Crippen molar-refractivity contribution < 1.29 is 17.0 Å². The lowest BCUT2D eigenvalue weighted by atomic mass is 9.71. The minimum atomic E-state index is 0. The van der Waals surface area contributed by atoms with Crippen LogP contribution in [0, 0.1) is 5.41 Å². The Kier molecular flexibility index (Phi) is 9.08. The van der Waals surface area contributed by atoms with Crippen molar-refractivity contribution in [2.45, 2.75) is 86.1 Å². The van der Waals surface area contributed by atoms with Crippen LogP contribution in [0.15, 0.2) is 47.1 Å². The van der Waals surface area contributed by atoms with Gasteiger partial charge in [0.05, 0.1) is 13.6 Å². The molecule has 5 nitrogen and oxygen atoms in total. The van der Waals surface area contributed by atoms with Crippen LogP contribution in [0.3, 0.4) is 0 Å². The highest BCUT2D eigenvalue weighted by Crippen LogP contribution is 2.42. The van der Waals surface area contributed by atoms with Gasteiger partial charge in [0.1, 0.15) is 0 Å². The number of allylic oxidation sites excluding steroid dienone is 6. The third kappa shape index (κ3) is 6.22. The molecule has 1 aliphatic carbocycles. The minimum absolute atomic E-state index is 0. The Morgan fingerprint density at radius 2 is 1.91 bits per heavy atom. The van der Waals surface area contributed by atoms with Crippen LogP contribution in [0.1, 0.15) is 79.6 Å². The van der Waals surface area contributed by atoms with E-state index in [9.17, 15) is 0 Å². The number of imidazole rings is 1.